The third-order valence-electron chi connectivity index (χ3n) is 1.17. The maximum atomic E-state index is 10.6. The predicted octanol–water partition coefficient (Wildman–Crippen LogP) is -0.769. The van der Waals surface area contributed by atoms with E-state index in [4.69, 9.17) is 10.6 Å². The molecule has 1 atom stereocenters. The lowest BCUT2D eigenvalue weighted by molar-refractivity contribution is -0.132. The topological polar surface area (TPSA) is 55.6 Å². The fourth-order valence-electron chi connectivity index (χ4n) is 0.661. The number of hydrogen-bond donors (Lipinski definition) is 1. The summed E-state index contributed by atoms with van der Waals surface area (Å²) in [5.74, 6) is 5.01. The number of rotatable bonds is 1. The third-order valence-corrected chi connectivity index (χ3v) is 1.17. The van der Waals surface area contributed by atoms with Crippen LogP contribution in [0.15, 0.2) is 12.2 Å². The van der Waals surface area contributed by atoms with Crippen molar-refractivity contribution in [3.63, 3.8) is 0 Å². The lowest BCUT2D eigenvalue weighted by Crippen LogP contribution is -2.40. The first-order valence-electron chi connectivity index (χ1n) is 2.54. The Morgan fingerprint density at radius 1 is 1.89 bits per heavy atom. The van der Waals surface area contributed by atoms with Crippen molar-refractivity contribution in [1.82, 2.24) is 5.01 Å². The standard InChI is InChI=1S/C5H8N2O2/c1-9-5-3-2-4(8)7(5)6/h2-3,5H,6H2,1H3. The van der Waals surface area contributed by atoms with Gasteiger partial charge in [-0.2, -0.15) is 0 Å². The minimum absolute atomic E-state index is 0.221. The van der Waals surface area contributed by atoms with Crippen LogP contribution in [-0.2, 0) is 9.53 Å². The Balaban J connectivity index is 2.62. The highest BCUT2D eigenvalue weighted by molar-refractivity contribution is 5.89. The van der Waals surface area contributed by atoms with Gasteiger partial charge in [0, 0.05) is 13.2 Å². The van der Waals surface area contributed by atoms with Crippen molar-refractivity contribution in [2.45, 2.75) is 6.23 Å². The molecule has 1 aliphatic heterocycles. The number of amides is 1. The quantitative estimate of drug-likeness (QED) is 0.372. The van der Waals surface area contributed by atoms with Gasteiger partial charge in [-0.25, -0.2) is 10.9 Å². The lowest BCUT2D eigenvalue weighted by atomic mass is 10.5. The Labute approximate surface area is 52.8 Å². The molecule has 0 aromatic carbocycles. The first-order valence-corrected chi connectivity index (χ1v) is 2.54. The van der Waals surface area contributed by atoms with Gasteiger partial charge in [-0.05, 0) is 6.08 Å². The highest BCUT2D eigenvalue weighted by Crippen LogP contribution is 2.04. The highest BCUT2D eigenvalue weighted by Gasteiger charge is 2.21. The summed E-state index contributed by atoms with van der Waals surface area (Å²) >= 11 is 0. The van der Waals surface area contributed by atoms with Crippen LogP contribution in [0.4, 0.5) is 0 Å². The van der Waals surface area contributed by atoms with Crippen molar-refractivity contribution in [2.24, 2.45) is 5.84 Å². The minimum Gasteiger partial charge on any atom is -0.356 e. The summed E-state index contributed by atoms with van der Waals surface area (Å²) in [5, 5.41) is 1.03. The molecule has 0 fully saturated rings. The molecule has 0 aliphatic carbocycles. The van der Waals surface area contributed by atoms with Gasteiger partial charge in [0.15, 0.2) is 6.23 Å². The molecule has 0 bridgehead atoms. The maximum Gasteiger partial charge on any atom is 0.262 e. The van der Waals surface area contributed by atoms with Gasteiger partial charge in [-0.1, -0.05) is 0 Å². The Morgan fingerprint density at radius 2 is 2.56 bits per heavy atom. The SMILES string of the molecule is COC1C=CC(=O)N1N. The van der Waals surface area contributed by atoms with Gasteiger partial charge in [-0.3, -0.25) is 4.79 Å². The molecule has 50 valence electrons. The predicted molar refractivity (Wildman–Crippen MR) is 31.0 cm³/mol. The zero-order valence-electron chi connectivity index (χ0n) is 5.07. The van der Waals surface area contributed by atoms with Crippen LogP contribution in [0, 0.1) is 0 Å². The van der Waals surface area contributed by atoms with Crippen molar-refractivity contribution in [1.29, 1.82) is 0 Å². The third kappa shape index (κ3) is 0.940. The molecule has 1 unspecified atom stereocenters. The van der Waals surface area contributed by atoms with Crippen LogP contribution in [0.25, 0.3) is 0 Å². The molecule has 1 amide bonds. The first kappa shape index (κ1) is 6.25. The van der Waals surface area contributed by atoms with Crippen molar-refractivity contribution < 1.29 is 9.53 Å². The summed E-state index contributed by atoms with van der Waals surface area (Å²) in [7, 11) is 1.49. The van der Waals surface area contributed by atoms with E-state index in [0.29, 0.717) is 0 Å². The Hall–Kier alpha value is -0.870. The second-order valence-electron chi connectivity index (χ2n) is 1.73. The molecule has 4 nitrogen and oxygen atoms in total. The largest absolute Gasteiger partial charge is 0.356 e. The monoisotopic (exact) mass is 128 g/mol. The number of hydrogen-bond acceptors (Lipinski definition) is 3. The molecule has 1 heterocycles. The molecular formula is C5H8N2O2. The molecule has 2 N–H and O–H groups in total. The summed E-state index contributed by atoms with van der Waals surface area (Å²) in [6.07, 6.45) is 2.61. The average Bonchev–Trinajstić information content (AvgIpc) is 2.15. The van der Waals surface area contributed by atoms with E-state index >= 15 is 0 Å². The van der Waals surface area contributed by atoms with Crippen LogP contribution in [0.3, 0.4) is 0 Å². The molecule has 4 heteroatoms. The lowest BCUT2D eigenvalue weighted by Gasteiger charge is -2.15. The van der Waals surface area contributed by atoms with Gasteiger partial charge < -0.3 is 4.74 Å². The van der Waals surface area contributed by atoms with Crippen molar-refractivity contribution >= 4 is 5.91 Å². The summed E-state index contributed by atoms with van der Waals surface area (Å²) in [6, 6.07) is 0. The zero-order valence-corrected chi connectivity index (χ0v) is 5.07. The van der Waals surface area contributed by atoms with Crippen molar-refractivity contribution in [3.8, 4) is 0 Å². The number of methoxy groups -OCH3 is 1. The molecule has 0 aromatic heterocycles. The van der Waals surface area contributed by atoms with E-state index in [1.807, 2.05) is 0 Å². The molecular weight excluding hydrogens is 120 g/mol. The molecule has 0 aromatic rings. The summed E-state index contributed by atoms with van der Waals surface area (Å²) in [5.41, 5.74) is 0. The van der Waals surface area contributed by atoms with E-state index in [0.717, 1.165) is 5.01 Å². The number of carbonyl (C=O) groups is 1. The maximum absolute atomic E-state index is 10.6. The van der Waals surface area contributed by atoms with E-state index in [1.165, 1.54) is 13.2 Å². The van der Waals surface area contributed by atoms with Crippen LogP contribution >= 0.6 is 0 Å². The number of nitrogens with two attached hydrogens (primary N) is 1. The Kier molecular flexibility index (Phi) is 1.50. The smallest absolute Gasteiger partial charge is 0.262 e. The molecule has 1 aliphatic rings. The Morgan fingerprint density at radius 3 is 2.78 bits per heavy atom. The number of hydrazine groups is 1. The van der Waals surface area contributed by atoms with Gasteiger partial charge in [0.1, 0.15) is 0 Å². The van der Waals surface area contributed by atoms with E-state index in [9.17, 15) is 4.79 Å². The van der Waals surface area contributed by atoms with Crippen LogP contribution in [0.5, 0.6) is 0 Å². The molecule has 0 saturated heterocycles. The molecule has 0 radical (unpaired) electrons. The number of nitrogens with zero attached hydrogens (tertiary/aromatic N) is 1. The number of carbonyl (C=O) groups excluding carboxylic acids is 1. The minimum atomic E-state index is -0.377. The van der Waals surface area contributed by atoms with Gasteiger partial charge in [-0.15, -0.1) is 0 Å². The summed E-state index contributed by atoms with van der Waals surface area (Å²) in [6.45, 7) is 0. The summed E-state index contributed by atoms with van der Waals surface area (Å²) < 4.78 is 4.79. The summed E-state index contributed by atoms with van der Waals surface area (Å²) in [4.78, 5) is 10.6. The fraction of sp³-hybridized carbons (Fsp3) is 0.400. The van der Waals surface area contributed by atoms with Crippen LogP contribution < -0.4 is 5.84 Å². The van der Waals surface area contributed by atoms with Crippen LogP contribution in [0.1, 0.15) is 0 Å². The average molecular weight is 128 g/mol. The van der Waals surface area contributed by atoms with Gasteiger partial charge in [0.2, 0.25) is 0 Å². The normalized spacial score (nSPS) is 25.8. The van der Waals surface area contributed by atoms with Crippen molar-refractivity contribution in [2.75, 3.05) is 7.11 Å². The van der Waals surface area contributed by atoms with Gasteiger partial charge in [0.05, 0.1) is 0 Å². The number of ether oxygens (including phenoxy) is 1. The van der Waals surface area contributed by atoms with E-state index in [2.05, 4.69) is 0 Å². The van der Waals surface area contributed by atoms with E-state index in [1.54, 1.807) is 6.08 Å². The zero-order chi connectivity index (χ0) is 6.85. The van der Waals surface area contributed by atoms with E-state index < -0.39 is 0 Å². The molecule has 0 saturated carbocycles. The Bertz CT molecular complexity index is 155. The molecule has 1 rings (SSSR count). The van der Waals surface area contributed by atoms with Gasteiger partial charge >= 0.3 is 0 Å². The van der Waals surface area contributed by atoms with Crippen molar-refractivity contribution in [3.05, 3.63) is 12.2 Å². The fourth-order valence-corrected chi connectivity index (χ4v) is 0.661. The first-order chi connectivity index (χ1) is 4.25. The molecule has 9 heavy (non-hydrogen) atoms. The molecule has 0 spiro atoms. The second kappa shape index (κ2) is 2.16. The van der Waals surface area contributed by atoms with E-state index in [-0.39, 0.29) is 12.1 Å². The van der Waals surface area contributed by atoms with Crippen LogP contribution in [0.2, 0.25) is 0 Å². The van der Waals surface area contributed by atoms with Gasteiger partial charge in [0.25, 0.3) is 5.91 Å². The highest BCUT2D eigenvalue weighted by atomic mass is 16.5. The van der Waals surface area contributed by atoms with Crippen LogP contribution in [-0.4, -0.2) is 24.3 Å². The second-order valence-corrected chi connectivity index (χ2v) is 1.73.